The van der Waals surface area contributed by atoms with Crippen molar-refractivity contribution in [2.75, 3.05) is 43.1 Å². The highest BCUT2D eigenvalue weighted by Gasteiger charge is 2.31. The summed E-state index contributed by atoms with van der Waals surface area (Å²) in [5.41, 5.74) is 3.42. The first-order chi connectivity index (χ1) is 16.1. The lowest BCUT2D eigenvalue weighted by atomic mass is 10.0. The molecule has 0 unspecified atom stereocenters. The predicted octanol–water partition coefficient (Wildman–Crippen LogP) is 3.42. The van der Waals surface area contributed by atoms with Crippen LogP contribution in [-0.4, -0.2) is 60.1 Å². The maximum Gasteiger partial charge on any atom is 0.318 e. The summed E-state index contributed by atoms with van der Waals surface area (Å²) < 4.78 is 5.48. The molecular formula is C26H29N5O2. The maximum absolute atomic E-state index is 12.2. The van der Waals surface area contributed by atoms with Gasteiger partial charge in [0.15, 0.2) is 0 Å². The summed E-state index contributed by atoms with van der Waals surface area (Å²) in [4.78, 5) is 28.2. The van der Waals surface area contributed by atoms with Crippen molar-refractivity contribution >= 4 is 28.2 Å². The van der Waals surface area contributed by atoms with Gasteiger partial charge in [-0.15, -0.1) is 0 Å². The van der Waals surface area contributed by atoms with E-state index in [0.717, 1.165) is 37.6 Å². The Morgan fingerprint density at radius 3 is 2.70 bits per heavy atom. The minimum atomic E-state index is -0.0184. The van der Waals surface area contributed by atoms with Crippen LogP contribution >= 0.6 is 0 Å². The number of hydrogen-bond acceptors (Lipinski definition) is 6. The number of anilines is 2. The van der Waals surface area contributed by atoms with Gasteiger partial charge in [0.2, 0.25) is 5.91 Å². The molecule has 1 saturated heterocycles. The third-order valence-electron chi connectivity index (χ3n) is 6.70. The van der Waals surface area contributed by atoms with E-state index in [1.165, 1.54) is 28.1 Å². The Morgan fingerprint density at radius 2 is 1.91 bits per heavy atom. The lowest BCUT2D eigenvalue weighted by Crippen LogP contribution is -2.54. The number of methoxy groups -OCH3 is 1. The smallest absolute Gasteiger partial charge is 0.318 e. The van der Waals surface area contributed by atoms with Crippen LogP contribution in [0.1, 0.15) is 18.2 Å². The minimum Gasteiger partial charge on any atom is -0.467 e. The topological polar surface area (TPSA) is 61.8 Å². The molecule has 0 spiro atoms. The Bertz CT molecular complexity index is 1210. The zero-order valence-corrected chi connectivity index (χ0v) is 19.2. The Hall–Kier alpha value is -3.61. The van der Waals surface area contributed by atoms with Gasteiger partial charge in [0.25, 0.3) is 0 Å². The van der Waals surface area contributed by atoms with Gasteiger partial charge in [-0.2, -0.15) is 9.97 Å². The van der Waals surface area contributed by atoms with Crippen molar-refractivity contribution in [3.05, 3.63) is 66.4 Å². The molecule has 3 heterocycles. The number of ether oxygens (including phenoxy) is 1. The van der Waals surface area contributed by atoms with Crippen molar-refractivity contribution in [2.24, 2.45) is 0 Å². The molecule has 1 atom stereocenters. The molecule has 2 aliphatic rings. The van der Waals surface area contributed by atoms with E-state index in [4.69, 9.17) is 14.7 Å². The number of benzene rings is 2. The fourth-order valence-corrected chi connectivity index (χ4v) is 5.03. The average molecular weight is 444 g/mol. The highest BCUT2D eigenvalue weighted by Crippen LogP contribution is 2.34. The summed E-state index contributed by atoms with van der Waals surface area (Å²) in [5.74, 6) is 0.919. The first-order valence-corrected chi connectivity index (χ1v) is 11.4. The summed E-state index contributed by atoms with van der Waals surface area (Å²) >= 11 is 0. The molecule has 2 aliphatic heterocycles. The van der Waals surface area contributed by atoms with Crippen LogP contribution in [0.25, 0.3) is 10.8 Å². The van der Waals surface area contributed by atoms with Gasteiger partial charge >= 0.3 is 6.01 Å². The molecule has 7 heteroatoms. The van der Waals surface area contributed by atoms with Gasteiger partial charge in [-0.05, 0) is 30.9 Å². The molecule has 33 heavy (non-hydrogen) atoms. The standard InChI is InChI=1S/C26H29N5O2/c1-4-24(32)31-15-14-30(16-18(31)2)25-21-12-13-29(17-22(21)27-26(28-25)33-3)23-11-7-9-19-8-5-6-10-20(19)23/h4-11,18H,1,12-17H2,2-3H3/t18-/m1/s1. The van der Waals surface area contributed by atoms with Gasteiger partial charge in [-0.1, -0.05) is 43.0 Å². The third-order valence-corrected chi connectivity index (χ3v) is 6.70. The van der Waals surface area contributed by atoms with Crippen LogP contribution in [0.15, 0.2) is 55.1 Å². The van der Waals surface area contributed by atoms with Gasteiger partial charge in [-0.3, -0.25) is 4.79 Å². The summed E-state index contributed by atoms with van der Waals surface area (Å²) in [5, 5.41) is 2.49. The van der Waals surface area contributed by atoms with E-state index in [2.05, 4.69) is 65.8 Å². The molecule has 0 radical (unpaired) electrons. The van der Waals surface area contributed by atoms with Crippen LogP contribution in [0.5, 0.6) is 6.01 Å². The van der Waals surface area contributed by atoms with E-state index in [-0.39, 0.29) is 11.9 Å². The molecule has 1 amide bonds. The fourth-order valence-electron chi connectivity index (χ4n) is 5.03. The number of nitrogens with zero attached hydrogens (tertiary/aromatic N) is 5. The van der Waals surface area contributed by atoms with Gasteiger partial charge in [0.05, 0.1) is 19.3 Å². The summed E-state index contributed by atoms with van der Waals surface area (Å²) in [7, 11) is 1.61. The monoisotopic (exact) mass is 443 g/mol. The number of hydrogen-bond donors (Lipinski definition) is 0. The van der Waals surface area contributed by atoms with Crippen molar-refractivity contribution in [3.8, 4) is 6.01 Å². The maximum atomic E-state index is 12.2. The summed E-state index contributed by atoms with van der Waals surface area (Å²) in [6, 6.07) is 15.4. The minimum absolute atomic E-state index is 0.0184. The second-order valence-corrected chi connectivity index (χ2v) is 8.66. The van der Waals surface area contributed by atoms with Crippen LogP contribution in [0.4, 0.5) is 11.5 Å². The van der Waals surface area contributed by atoms with Crippen LogP contribution in [0, 0.1) is 0 Å². The highest BCUT2D eigenvalue weighted by atomic mass is 16.5. The normalized spacial score (nSPS) is 18.2. The van der Waals surface area contributed by atoms with Gasteiger partial charge in [0, 0.05) is 48.9 Å². The second-order valence-electron chi connectivity index (χ2n) is 8.66. The van der Waals surface area contributed by atoms with Crippen LogP contribution < -0.4 is 14.5 Å². The molecule has 7 nitrogen and oxygen atoms in total. The van der Waals surface area contributed by atoms with Crippen molar-refractivity contribution in [1.82, 2.24) is 14.9 Å². The first kappa shape index (κ1) is 21.2. The van der Waals surface area contributed by atoms with E-state index in [1.54, 1.807) is 7.11 Å². The van der Waals surface area contributed by atoms with E-state index in [0.29, 0.717) is 19.1 Å². The lowest BCUT2D eigenvalue weighted by molar-refractivity contribution is -0.128. The Balaban J connectivity index is 1.46. The Kier molecular flexibility index (Phi) is 5.62. The lowest BCUT2D eigenvalue weighted by Gasteiger charge is -2.41. The number of rotatable bonds is 4. The fraction of sp³-hybridized carbons (Fsp3) is 0.346. The van der Waals surface area contributed by atoms with Gasteiger partial charge in [-0.25, -0.2) is 0 Å². The van der Waals surface area contributed by atoms with Crippen molar-refractivity contribution in [3.63, 3.8) is 0 Å². The largest absolute Gasteiger partial charge is 0.467 e. The Morgan fingerprint density at radius 1 is 1.09 bits per heavy atom. The Labute approximate surface area is 194 Å². The highest BCUT2D eigenvalue weighted by molar-refractivity contribution is 5.94. The number of carbonyl (C=O) groups is 1. The zero-order valence-electron chi connectivity index (χ0n) is 19.2. The molecule has 170 valence electrons. The van der Waals surface area contributed by atoms with Crippen LogP contribution in [-0.2, 0) is 17.8 Å². The van der Waals surface area contributed by atoms with E-state index in [9.17, 15) is 4.79 Å². The molecular weight excluding hydrogens is 414 g/mol. The summed E-state index contributed by atoms with van der Waals surface area (Å²) in [6.45, 7) is 9.40. The molecule has 0 saturated carbocycles. The SMILES string of the molecule is C=CC(=O)N1CCN(c2nc(OC)nc3c2CCN(c2cccc4ccccc24)C3)C[C@H]1C. The van der Waals surface area contributed by atoms with E-state index < -0.39 is 0 Å². The van der Waals surface area contributed by atoms with Gasteiger partial charge < -0.3 is 19.4 Å². The number of piperazine rings is 1. The van der Waals surface area contributed by atoms with Crippen molar-refractivity contribution in [1.29, 1.82) is 0 Å². The van der Waals surface area contributed by atoms with Crippen LogP contribution in [0.3, 0.4) is 0 Å². The number of carbonyl (C=O) groups excluding carboxylic acids is 1. The second kappa shape index (κ2) is 8.73. The zero-order chi connectivity index (χ0) is 22.9. The number of amides is 1. The first-order valence-electron chi connectivity index (χ1n) is 11.4. The molecule has 1 aromatic heterocycles. The van der Waals surface area contributed by atoms with Gasteiger partial charge in [0.1, 0.15) is 5.82 Å². The van der Waals surface area contributed by atoms with Crippen molar-refractivity contribution < 1.29 is 9.53 Å². The van der Waals surface area contributed by atoms with Crippen LogP contribution in [0.2, 0.25) is 0 Å². The van der Waals surface area contributed by atoms with E-state index >= 15 is 0 Å². The predicted molar refractivity (Wildman–Crippen MR) is 131 cm³/mol. The van der Waals surface area contributed by atoms with E-state index in [1.807, 2.05) is 4.90 Å². The molecule has 0 aliphatic carbocycles. The number of fused-ring (bicyclic) bond motifs is 2. The average Bonchev–Trinajstić information content (AvgIpc) is 2.86. The third kappa shape index (κ3) is 3.88. The number of aromatic nitrogens is 2. The molecule has 0 bridgehead atoms. The quantitative estimate of drug-likeness (QED) is 0.576. The molecule has 5 rings (SSSR count). The van der Waals surface area contributed by atoms with Crippen molar-refractivity contribution in [2.45, 2.75) is 25.9 Å². The summed E-state index contributed by atoms with van der Waals surface area (Å²) in [6.07, 6.45) is 2.25. The molecule has 2 aromatic carbocycles. The molecule has 3 aromatic rings. The molecule has 0 N–H and O–H groups in total. The molecule has 1 fully saturated rings.